The van der Waals surface area contributed by atoms with E-state index < -0.39 is 0 Å². The average molecular weight is 335 g/mol. The molecule has 0 saturated carbocycles. The van der Waals surface area contributed by atoms with E-state index >= 15 is 0 Å². The molecule has 1 fully saturated rings. The third kappa shape index (κ3) is 4.17. The summed E-state index contributed by atoms with van der Waals surface area (Å²) < 4.78 is 0. The number of rotatable bonds is 4. The van der Waals surface area contributed by atoms with Crippen molar-refractivity contribution in [2.45, 2.75) is 12.8 Å². The molecule has 3 rings (SSSR count). The van der Waals surface area contributed by atoms with Gasteiger partial charge >= 0.3 is 0 Å². The van der Waals surface area contributed by atoms with Crippen molar-refractivity contribution in [1.29, 1.82) is 5.26 Å². The number of carbonyl (C=O) groups is 1. The molecule has 0 unspecified atom stereocenters. The van der Waals surface area contributed by atoms with Gasteiger partial charge in [0.05, 0.1) is 11.6 Å². The molecule has 1 amide bonds. The largest absolute Gasteiger partial charge is 0.507 e. The molecular formula is C20H21N3O2. The van der Waals surface area contributed by atoms with Gasteiger partial charge in [-0.05, 0) is 67.7 Å². The van der Waals surface area contributed by atoms with E-state index in [0.717, 1.165) is 31.5 Å². The molecule has 0 aliphatic carbocycles. The Balaban J connectivity index is 1.67. The van der Waals surface area contributed by atoms with Crippen molar-refractivity contribution in [1.82, 2.24) is 10.6 Å². The van der Waals surface area contributed by atoms with Crippen LogP contribution in [0.3, 0.4) is 0 Å². The van der Waals surface area contributed by atoms with Gasteiger partial charge in [0, 0.05) is 17.7 Å². The Morgan fingerprint density at radius 3 is 2.60 bits per heavy atom. The van der Waals surface area contributed by atoms with Gasteiger partial charge in [-0.2, -0.15) is 5.26 Å². The third-order valence-corrected chi connectivity index (χ3v) is 4.59. The van der Waals surface area contributed by atoms with E-state index in [2.05, 4.69) is 16.7 Å². The molecule has 0 radical (unpaired) electrons. The molecular weight excluding hydrogens is 314 g/mol. The Morgan fingerprint density at radius 1 is 1.20 bits per heavy atom. The first-order valence-corrected chi connectivity index (χ1v) is 8.50. The first-order chi connectivity index (χ1) is 12.2. The van der Waals surface area contributed by atoms with Crippen molar-refractivity contribution in [2.24, 2.45) is 5.92 Å². The van der Waals surface area contributed by atoms with Crippen LogP contribution in [0.5, 0.6) is 5.75 Å². The topological polar surface area (TPSA) is 85.1 Å². The molecule has 5 heteroatoms. The van der Waals surface area contributed by atoms with E-state index in [9.17, 15) is 9.90 Å². The van der Waals surface area contributed by atoms with E-state index in [-0.39, 0.29) is 11.7 Å². The molecule has 1 aliphatic heterocycles. The molecule has 3 N–H and O–H groups in total. The highest BCUT2D eigenvalue weighted by molar-refractivity contribution is 5.94. The zero-order chi connectivity index (χ0) is 17.6. The van der Waals surface area contributed by atoms with E-state index in [4.69, 9.17) is 5.26 Å². The number of benzene rings is 2. The van der Waals surface area contributed by atoms with Gasteiger partial charge in [-0.1, -0.05) is 12.1 Å². The summed E-state index contributed by atoms with van der Waals surface area (Å²) in [5.41, 5.74) is 2.43. The lowest BCUT2D eigenvalue weighted by Crippen LogP contribution is -2.35. The van der Waals surface area contributed by atoms with Gasteiger partial charge in [-0.15, -0.1) is 0 Å². The highest BCUT2D eigenvalue weighted by Crippen LogP contribution is 2.30. The molecule has 2 aromatic rings. The maximum Gasteiger partial charge on any atom is 0.251 e. The minimum absolute atomic E-state index is 0.0833. The molecule has 1 heterocycles. The summed E-state index contributed by atoms with van der Waals surface area (Å²) in [6.07, 6.45) is 2.18. The van der Waals surface area contributed by atoms with Gasteiger partial charge in [0.1, 0.15) is 5.75 Å². The van der Waals surface area contributed by atoms with E-state index in [1.165, 1.54) is 6.07 Å². The van der Waals surface area contributed by atoms with Crippen molar-refractivity contribution < 1.29 is 9.90 Å². The number of nitrogens with zero attached hydrogens (tertiary/aromatic N) is 1. The predicted molar refractivity (Wildman–Crippen MR) is 96.2 cm³/mol. The van der Waals surface area contributed by atoms with Crippen LogP contribution >= 0.6 is 0 Å². The summed E-state index contributed by atoms with van der Waals surface area (Å²) in [5, 5.41) is 25.3. The summed E-state index contributed by atoms with van der Waals surface area (Å²) in [6, 6.07) is 13.8. The Morgan fingerprint density at radius 2 is 1.92 bits per heavy atom. The zero-order valence-corrected chi connectivity index (χ0v) is 14.0. The molecule has 25 heavy (non-hydrogen) atoms. The second kappa shape index (κ2) is 7.82. The summed E-state index contributed by atoms with van der Waals surface area (Å²) in [4.78, 5) is 12.3. The van der Waals surface area contributed by atoms with Gasteiger partial charge in [0.25, 0.3) is 5.91 Å². The van der Waals surface area contributed by atoms with Gasteiger partial charge in [-0.3, -0.25) is 4.79 Å². The lowest BCUT2D eigenvalue weighted by molar-refractivity contribution is 0.0944. The van der Waals surface area contributed by atoms with E-state index in [0.29, 0.717) is 29.2 Å². The number of nitrogens with one attached hydrogen (secondary N) is 2. The first-order valence-electron chi connectivity index (χ1n) is 8.50. The predicted octanol–water partition coefficient (Wildman–Crippen LogP) is 2.66. The van der Waals surface area contributed by atoms with Crippen LogP contribution in [0.4, 0.5) is 0 Å². The molecule has 0 bridgehead atoms. The van der Waals surface area contributed by atoms with Crippen LogP contribution in [-0.4, -0.2) is 30.6 Å². The Hall–Kier alpha value is -2.84. The zero-order valence-electron chi connectivity index (χ0n) is 14.0. The lowest BCUT2D eigenvalue weighted by Gasteiger charge is -2.22. The number of carbonyl (C=O) groups excluding carboxylic acids is 1. The molecule has 2 aromatic carbocycles. The van der Waals surface area contributed by atoms with Crippen LogP contribution in [-0.2, 0) is 0 Å². The number of amides is 1. The molecule has 1 saturated heterocycles. The monoisotopic (exact) mass is 335 g/mol. The second-order valence-corrected chi connectivity index (χ2v) is 6.32. The minimum atomic E-state index is -0.0833. The molecule has 1 aliphatic rings. The van der Waals surface area contributed by atoms with Crippen molar-refractivity contribution >= 4 is 5.91 Å². The van der Waals surface area contributed by atoms with E-state index in [1.807, 2.05) is 0 Å². The fourth-order valence-corrected chi connectivity index (χ4v) is 3.06. The van der Waals surface area contributed by atoms with Crippen molar-refractivity contribution in [3.8, 4) is 22.9 Å². The Labute approximate surface area is 147 Å². The van der Waals surface area contributed by atoms with Gasteiger partial charge < -0.3 is 15.7 Å². The molecule has 0 atom stereocenters. The van der Waals surface area contributed by atoms with Crippen LogP contribution in [0.2, 0.25) is 0 Å². The number of phenols is 1. The molecule has 0 aromatic heterocycles. The van der Waals surface area contributed by atoms with Crippen LogP contribution in [0.1, 0.15) is 28.8 Å². The highest BCUT2D eigenvalue weighted by atomic mass is 16.3. The van der Waals surface area contributed by atoms with Crippen LogP contribution in [0.25, 0.3) is 11.1 Å². The SMILES string of the molecule is N#Cc1ccc(O)c(-c2ccc(C(=O)NCC3CCNCC3)cc2)c1. The van der Waals surface area contributed by atoms with Crippen molar-refractivity contribution in [2.75, 3.05) is 19.6 Å². The standard InChI is InChI=1S/C20H21N3O2/c21-12-15-1-6-19(24)18(11-15)16-2-4-17(5-3-16)20(25)23-13-14-7-9-22-10-8-14/h1-6,11,14,22,24H,7-10,13H2,(H,23,25). The number of nitriles is 1. The minimum Gasteiger partial charge on any atom is -0.507 e. The summed E-state index contributed by atoms with van der Waals surface area (Å²) >= 11 is 0. The van der Waals surface area contributed by atoms with Crippen molar-refractivity contribution in [3.05, 3.63) is 53.6 Å². The average Bonchev–Trinajstić information content (AvgIpc) is 2.67. The van der Waals surface area contributed by atoms with E-state index in [1.54, 1.807) is 36.4 Å². The first kappa shape index (κ1) is 17.0. The van der Waals surface area contributed by atoms with Crippen LogP contribution in [0.15, 0.2) is 42.5 Å². The molecule has 128 valence electrons. The fraction of sp³-hybridized carbons (Fsp3) is 0.300. The lowest BCUT2D eigenvalue weighted by atomic mass is 9.98. The molecule has 5 nitrogen and oxygen atoms in total. The normalized spacial score (nSPS) is 14.7. The maximum absolute atomic E-state index is 12.3. The molecule has 0 spiro atoms. The quantitative estimate of drug-likeness (QED) is 0.802. The number of phenolic OH excluding ortho intramolecular Hbond substituents is 1. The summed E-state index contributed by atoms with van der Waals surface area (Å²) in [6.45, 7) is 2.73. The smallest absolute Gasteiger partial charge is 0.251 e. The second-order valence-electron chi connectivity index (χ2n) is 6.32. The van der Waals surface area contributed by atoms with Gasteiger partial charge in [-0.25, -0.2) is 0 Å². The fourth-order valence-electron chi connectivity index (χ4n) is 3.06. The third-order valence-electron chi connectivity index (χ3n) is 4.59. The highest BCUT2D eigenvalue weighted by Gasteiger charge is 2.15. The van der Waals surface area contributed by atoms with Gasteiger partial charge in [0.2, 0.25) is 0 Å². The Kier molecular flexibility index (Phi) is 5.32. The van der Waals surface area contributed by atoms with Crippen molar-refractivity contribution in [3.63, 3.8) is 0 Å². The number of aromatic hydroxyl groups is 1. The van der Waals surface area contributed by atoms with Crippen LogP contribution < -0.4 is 10.6 Å². The number of hydrogen-bond acceptors (Lipinski definition) is 4. The number of hydrogen-bond donors (Lipinski definition) is 3. The summed E-state index contributed by atoms with van der Waals surface area (Å²) in [7, 11) is 0. The Bertz CT molecular complexity index is 788. The number of piperidine rings is 1. The van der Waals surface area contributed by atoms with Gasteiger partial charge in [0.15, 0.2) is 0 Å². The maximum atomic E-state index is 12.3. The van der Waals surface area contributed by atoms with Crippen LogP contribution in [0, 0.1) is 17.2 Å². The summed E-state index contributed by atoms with van der Waals surface area (Å²) in [5.74, 6) is 0.567.